The van der Waals surface area contributed by atoms with Gasteiger partial charge >= 0.3 is 0 Å². The summed E-state index contributed by atoms with van der Waals surface area (Å²) in [5.74, 6) is -2.12. The van der Waals surface area contributed by atoms with Gasteiger partial charge < -0.3 is 25.0 Å². The summed E-state index contributed by atoms with van der Waals surface area (Å²) in [5, 5.41) is 23.9. The van der Waals surface area contributed by atoms with E-state index in [1.54, 1.807) is 85.8 Å². The number of carbonyl (C=O) groups excluding carboxylic acids is 5. The number of rotatable bonds is 15. The van der Waals surface area contributed by atoms with Gasteiger partial charge in [0.2, 0.25) is 27.7 Å². The summed E-state index contributed by atoms with van der Waals surface area (Å²) in [6.07, 6.45) is 1.01. The predicted molar refractivity (Wildman–Crippen MR) is 224 cm³/mol. The highest BCUT2D eigenvalue weighted by Gasteiger charge is 2.54. The Morgan fingerprint density at radius 2 is 1.54 bits per heavy atom. The Labute approximate surface area is 352 Å². The number of carbonyl (C=O) groups is 5. The lowest BCUT2D eigenvalue weighted by Gasteiger charge is -2.31. The van der Waals surface area contributed by atoms with Crippen LogP contribution in [0.3, 0.4) is 0 Å². The molecule has 5 amide bonds. The van der Waals surface area contributed by atoms with Gasteiger partial charge in [-0.25, -0.2) is 8.42 Å². The van der Waals surface area contributed by atoms with Crippen molar-refractivity contribution in [2.45, 2.75) is 75.4 Å². The van der Waals surface area contributed by atoms with Crippen molar-refractivity contribution in [1.29, 1.82) is 0 Å². The Bertz CT molecular complexity index is 2540. The first-order valence-electron chi connectivity index (χ1n) is 20.2. The minimum atomic E-state index is -3.93. The number of hydrogen-bond donors (Lipinski definition) is 4. The summed E-state index contributed by atoms with van der Waals surface area (Å²) in [6.45, 7) is 2.32. The van der Waals surface area contributed by atoms with E-state index in [-0.39, 0.29) is 66.4 Å². The summed E-state index contributed by atoms with van der Waals surface area (Å²) < 4.78 is 42.5. The molecule has 2 fully saturated rings. The Balaban J connectivity index is 0.839. The number of nitrogens with zero attached hydrogens (tertiary/aromatic N) is 2. The molecule has 316 valence electrons. The second-order valence-electron chi connectivity index (χ2n) is 15.3. The maximum atomic E-state index is 14.4. The Morgan fingerprint density at radius 1 is 0.869 bits per heavy atom. The molecule has 61 heavy (non-hydrogen) atoms. The number of benzene rings is 4. The maximum Gasteiger partial charge on any atom is 0.264 e. The molecule has 4 aromatic rings. The van der Waals surface area contributed by atoms with Crippen molar-refractivity contribution in [3.05, 3.63) is 113 Å². The molecule has 0 radical (unpaired) electrons. The van der Waals surface area contributed by atoms with Gasteiger partial charge in [-0.3, -0.25) is 38.5 Å². The minimum Gasteiger partial charge on any atom is -0.508 e. The van der Waals surface area contributed by atoms with Gasteiger partial charge in [0, 0.05) is 19.4 Å². The first-order valence-corrected chi connectivity index (χ1v) is 21.7. The lowest BCUT2D eigenvalue weighted by molar-refractivity contribution is -0.136. The van der Waals surface area contributed by atoms with Crippen LogP contribution in [-0.2, 0) is 29.1 Å². The molecular formula is C45H44N4O11S. The topological polar surface area (TPSA) is 209 Å². The summed E-state index contributed by atoms with van der Waals surface area (Å²) in [6, 6.07) is 23.6. The Hall–Kier alpha value is -6.52. The fraction of sp³-hybridized carbons (Fsp3) is 0.311. The SMILES string of the molecule is CCN(c1ccc(OCCCCCC(=O)Nc2cccc3c2C(=O)N(C2CCC(=O)NC2=O)C3=O)cc1)S(=O)(=O)C1CC2OC1C(c1ccc(O)cc1)=C2c1ccc(O)cc1. The number of nitrogens with one attached hydrogen (secondary N) is 2. The van der Waals surface area contributed by atoms with Crippen molar-refractivity contribution in [1.82, 2.24) is 10.2 Å². The van der Waals surface area contributed by atoms with Crippen LogP contribution in [0.2, 0.25) is 0 Å². The monoisotopic (exact) mass is 848 g/mol. The second-order valence-corrected chi connectivity index (χ2v) is 17.4. The number of ether oxygens (including phenoxy) is 2. The van der Waals surface area contributed by atoms with Crippen molar-refractivity contribution < 1.29 is 52.1 Å². The van der Waals surface area contributed by atoms with Crippen molar-refractivity contribution in [3.63, 3.8) is 0 Å². The molecule has 4 aliphatic heterocycles. The molecular weight excluding hydrogens is 805 g/mol. The smallest absolute Gasteiger partial charge is 0.264 e. The first kappa shape index (κ1) is 41.2. The number of piperidine rings is 1. The normalized spacial score (nSPS) is 20.8. The summed E-state index contributed by atoms with van der Waals surface area (Å²) in [4.78, 5) is 64.2. The van der Waals surface area contributed by atoms with Crippen LogP contribution < -0.4 is 19.7 Å². The fourth-order valence-corrected chi connectivity index (χ4v) is 10.6. The van der Waals surface area contributed by atoms with Crippen molar-refractivity contribution in [3.8, 4) is 17.2 Å². The molecule has 4 atom stereocenters. The van der Waals surface area contributed by atoms with Crippen LogP contribution in [-0.4, -0.2) is 89.7 Å². The average molecular weight is 849 g/mol. The number of phenolic OH excluding ortho intramolecular Hbond substituents is 2. The van der Waals surface area contributed by atoms with E-state index < -0.39 is 57.2 Å². The molecule has 16 heteroatoms. The predicted octanol–water partition coefficient (Wildman–Crippen LogP) is 5.38. The molecule has 2 saturated heterocycles. The molecule has 2 bridgehead atoms. The third-order valence-corrected chi connectivity index (χ3v) is 13.8. The second kappa shape index (κ2) is 16.9. The van der Waals surface area contributed by atoms with Crippen molar-refractivity contribution >= 4 is 62.1 Å². The molecule has 0 aliphatic carbocycles. The van der Waals surface area contributed by atoms with Gasteiger partial charge in [-0.1, -0.05) is 30.3 Å². The highest BCUT2D eigenvalue weighted by Crippen LogP contribution is 2.51. The van der Waals surface area contributed by atoms with Crippen LogP contribution in [0.5, 0.6) is 17.2 Å². The highest BCUT2D eigenvalue weighted by atomic mass is 32.2. The zero-order valence-corrected chi connectivity index (χ0v) is 34.0. The van der Waals surface area contributed by atoms with E-state index in [1.807, 2.05) is 0 Å². The number of amides is 5. The third kappa shape index (κ3) is 7.95. The lowest BCUT2D eigenvalue weighted by Crippen LogP contribution is -2.54. The van der Waals surface area contributed by atoms with E-state index in [1.165, 1.54) is 16.4 Å². The van der Waals surface area contributed by atoms with E-state index in [9.17, 15) is 42.6 Å². The van der Waals surface area contributed by atoms with E-state index in [4.69, 9.17) is 9.47 Å². The Kier molecular flexibility index (Phi) is 11.4. The molecule has 15 nitrogen and oxygen atoms in total. The molecule has 4 N–H and O–H groups in total. The van der Waals surface area contributed by atoms with Crippen LogP contribution in [0, 0.1) is 0 Å². The number of sulfonamides is 1. The lowest BCUT2D eigenvalue weighted by atomic mass is 9.83. The van der Waals surface area contributed by atoms with E-state index >= 15 is 0 Å². The van der Waals surface area contributed by atoms with E-state index in [0.717, 1.165) is 27.2 Å². The summed E-state index contributed by atoms with van der Waals surface area (Å²) in [5.41, 5.74) is 3.93. The maximum absolute atomic E-state index is 14.4. The van der Waals surface area contributed by atoms with Crippen molar-refractivity contribution in [2.75, 3.05) is 22.8 Å². The van der Waals surface area contributed by atoms with Gasteiger partial charge in [0.05, 0.1) is 35.2 Å². The molecule has 4 aromatic carbocycles. The van der Waals surface area contributed by atoms with Gasteiger partial charge in [0.15, 0.2) is 0 Å². The number of aromatic hydroxyl groups is 2. The van der Waals surface area contributed by atoms with Gasteiger partial charge in [-0.15, -0.1) is 0 Å². The van der Waals surface area contributed by atoms with Crippen LogP contribution in [0.15, 0.2) is 91.0 Å². The average Bonchev–Trinajstić information content (AvgIpc) is 3.91. The molecule has 4 aliphatic rings. The van der Waals surface area contributed by atoms with Gasteiger partial charge in [-0.2, -0.15) is 0 Å². The number of imide groups is 2. The van der Waals surface area contributed by atoms with Gasteiger partial charge in [-0.05, 0) is 122 Å². The minimum absolute atomic E-state index is 0.00281. The zero-order chi connectivity index (χ0) is 43.0. The van der Waals surface area contributed by atoms with E-state index in [0.29, 0.717) is 37.3 Å². The largest absolute Gasteiger partial charge is 0.508 e. The molecule has 4 heterocycles. The molecule has 8 rings (SSSR count). The number of phenols is 2. The van der Waals surface area contributed by atoms with Gasteiger partial charge in [0.25, 0.3) is 11.8 Å². The molecule has 0 spiro atoms. The summed E-state index contributed by atoms with van der Waals surface area (Å²) in [7, 11) is -3.93. The van der Waals surface area contributed by atoms with Crippen LogP contribution in [0.4, 0.5) is 11.4 Å². The molecule has 0 aromatic heterocycles. The number of hydrogen-bond acceptors (Lipinski definition) is 11. The number of anilines is 2. The molecule has 4 unspecified atom stereocenters. The van der Waals surface area contributed by atoms with Gasteiger partial charge in [0.1, 0.15) is 34.6 Å². The van der Waals surface area contributed by atoms with E-state index in [2.05, 4.69) is 10.6 Å². The van der Waals surface area contributed by atoms with Crippen molar-refractivity contribution in [2.24, 2.45) is 0 Å². The van der Waals surface area contributed by atoms with Crippen LogP contribution in [0.25, 0.3) is 11.1 Å². The third-order valence-electron chi connectivity index (χ3n) is 11.5. The van der Waals surface area contributed by atoms with Crippen LogP contribution >= 0.6 is 0 Å². The summed E-state index contributed by atoms with van der Waals surface area (Å²) >= 11 is 0. The van der Waals surface area contributed by atoms with Crippen LogP contribution in [0.1, 0.15) is 83.7 Å². The highest BCUT2D eigenvalue weighted by molar-refractivity contribution is 7.93. The first-order chi connectivity index (χ1) is 29.3. The Morgan fingerprint density at radius 3 is 2.20 bits per heavy atom. The number of fused-ring (bicyclic) bond motifs is 3. The quantitative estimate of drug-likeness (QED) is 0.0882. The standard InChI is InChI=1S/C45H44N4O11S/c1-2-48(61(57,58)36-25-35-39(26-10-16-29(50)17-11-26)40(42(36)60-35)27-12-18-30(51)19-13-27)28-14-20-31(21-15-28)59-24-5-3-4-9-37(52)46-33-8-6-7-32-41(33)45(56)49(44(32)55)34-22-23-38(53)47-43(34)54/h6-8,10-21,34-36,42,50-51H,2-5,9,22-25H2,1H3,(H,46,52)(H,47,53,54). The zero-order valence-electron chi connectivity index (χ0n) is 33.2. The number of unbranched alkanes of at least 4 members (excludes halogenated alkanes) is 2. The fourth-order valence-electron chi connectivity index (χ4n) is 8.61. The molecule has 0 saturated carbocycles.